The first-order valence-electron chi connectivity index (χ1n) is 7.37. The number of carbonyl (C=O) groups excluding carboxylic acids is 1. The minimum absolute atomic E-state index is 0.208. The van der Waals surface area contributed by atoms with Crippen LogP contribution in [0.15, 0.2) is 28.8 Å². The number of Topliss-reactive ketones (excluding diaryl/α,β-unsaturated/α-hetero) is 1. The Morgan fingerprint density at radius 3 is 3.10 bits per heavy atom. The summed E-state index contributed by atoms with van der Waals surface area (Å²) in [5.74, 6) is 1.70. The Morgan fingerprint density at radius 2 is 2.29 bits per heavy atom. The molecule has 0 bridgehead atoms. The standard InChI is InChI=1S/C16H18N2O3/c1-2-20-12-7-5-6-11(10-12)15-17-16(21-18-15)13-8-3-4-9-14(13)19/h5-7,10,13H,2-4,8-9H2,1H3. The highest BCUT2D eigenvalue weighted by atomic mass is 16.5. The van der Waals surface area contributed by atoms with Gasteiger partial charge in [-0.1, -0.05) is 23.7 Å². The van der Waals surface area contributed by atoms with E-state index in [0.717, 1.165) is 30.6 Å². The van der Waals surface area contributed by atoms with Crippen molar-refractivity contribution >= 4 is 5.78 Å². The number of benzene rings is 1. The van der Waals surface area contributed by atoms with Crippen LogP contribution in [0.2, 0.25) is 0 Å². The second-order valence-corrected chi connectivity index (χ2v) is 5.18. The number of ether oxygens (including phenoxy) is 1. The molecule has 1 fully saturated rings. The van der Waals surface area contributed by atoms with Crippen molar-refractivity contribution < 1.29 is 14.1 Å². The molecular weight excluding hydrogens is 268 g/mol. The SMILES string of the molecule is CCOc1cccc(-c2noc(C3CCCCC3=O)n2)c1. The monoisotopic (exact) mass is 286 g/mol. The average Bonchev–Trinajstić information content (AvgIpc) is 2.98. The first-order valence-corrected chi connectivity index (χ1v) is 7.37. The van der Waals surface area contributed by atoms with Crippen molar-refractivity contribution in [3.05, 3.63) is 30.2 Å². The van der Waals surface area contributed by atoms with Crippen LogP contribution in [-0.4, -0.2) is 22.5 Å². The molecule has 0 N–H and O–H groups in total. The molecule has 1 heterocycles. The molecule has 1 atom stereocenters. The molecule has 1 aliphatic carbocycles. The van der Waals surface area contributed by atoms with Gasteiger partial charge >= 0.3 is 0 Å². The van der Waals surface area contributed by atoms with Crippen LogP contribution in [0.3, 0.4) is 0 Å². The Kier molecular flexibility index (Phi) is 3.99. The second kappa shape index (κ2) is 6.08. The minimum atomic E-state index is -0.227. The van der Waals surface area contributed by atoms with E-state index in [0.29, 0.717) is 24.7 Å². The maximum absolute atomic E-state index is 11.9. The molecule has 110 valence electrons. The van der Waals surface area contributed by atoms with Crippen molar-refractivity contribution in [1.29, 1.82) is 0 Å². The topological polar surface area (TPSA) is 65.2 Å². The number of hydrogen-bond acceptors (Lipinski definition) is 5. The summed E-state index contributed by atoms with van der Waals surface area (Å²) in [5.41, 5.74) is 0.833. The lowest BCUT2D eigenvalue weighted by Crippen LogP contribution is -2.17. The molecule has 0 radical (unpaired) electrons. The number of aromatic nitrogens is 2. The van der Waals surface area contributed by atoms with Crippen molar-refractivity contribution in [2.75, 3.05) is 6.61 Å². The van der Waals surface area contributed by atoms with Crippen LogP contribution in [0.25, 0.3) is 11.4 Å². The summed E-state index contributed by atoms with van der Waals surface area (Å²) in [5, 5.41) is 4.00. The van der Waals surface area contributed by atoms with E-state index in [-0.39, 0.29) is 11.7 Å². The van der Waals surface area contributed by atoms with E-state index in [1.54, 1.807) is 0 Å². The van der Waals surface area contributed by atoms with Crippen LogP contribution in [0.5, 0.6) is 5.75 Å². The molecule has 0 saturated heterocycles. The van der Waals surface area contributed by atoms with Gasteiger partial charge in [0.25, 0.3) is 0 Å². The molecule has 5 heteroatoms. The molecule has 5 nitrogen and oxygen atoms in total. The highest BCUT2D eigenvalue weighted by Crippen LogP contribution is 2.30. The van der Waals surface area contributed by atoms with E-state index in [9.17, 15) is 4.79 Å². The Hall–Kier alpha value is -2.17. The van der Waals surface area contributed by atoms with Crippen LogP contribution in [0.1, 0.15) is 44.4 Å². The lowest BCUT2D eigenvalue weighted by atomic mass is 9.88. The van der Waals surface area contributed by atoms with Gasteiger partial charge in [-0.2, -0.15) is 4.98 Å². The zero-order valence-corrected chi connectivity index (χ0v) is 12.0. The maximum atomic E-state index is 11.9. The summed E-state index contributed by atoms with van der Waals surface area (Å²) in [4.78, 5) is 16.3. The van der Waals surface area contributed by atoms with Crippen molar-refractivity contribution in [3.8, 4) is 17.1 Å². The molecule has 21 heavy (non-hydrogen) atoms. The molecule has 1 aromatic carbocycles. The fourth-order valence-corrected chi connectivity index (χ4v) is 2.63. The van der Waals surface area contributed by atoms with Gasteiger partial charge in [-0.25, -0.2) is 0 Å². The number of rotatable bonds is 4. The van der Waals surface area contributed by atoms with Crippen LogP contribution in [0, 0.1) is 0 Å². The summed E-state index contributed by atoms with van der Waals surface area (Å²) < 4.78 is 10.8. The summed E-state index contributed by atoms with van der Waals surface area (Å²) >= 11 is 0. The summed E-state index contributed by atoms with van der Waals surface area (Å²) in [6.07, 6.45) is 3.42. The number of ketones is 1. The zero-order valence-electron chi connectivity index (χ0n) is 12.0. The minimum Gasteiger partial charge on any atom is -0.494 e. The Balaban J connectivity index is 1.84. The number of nitrogens with zero attached hydrogens (tertiary/aromatic N) is 2. The fraction of sp³-hybridized carbons (Fsp3) is 0.438. The smallest absolute Gasteiger partial charge is 0.237 e. The average molecular weight is 286 g/mol. The van der Waals surface area contributed by atoms with Gasteiger partial charge in [-0.15, -0.1) is 0 Å². The van der Waals surface area contributed by atoms with Gasteiger partial charge < -0.3 is 9.26 Å². The van der Waals surface area contributed by atoms with Gasteiger partial charge in [0.15, 0.2) is 0 Å². The molecule has 2 aromatic rings. The maximum Gasteiger partial charge on any atom is 0.237 e. The van der Waals surface area contributed by atoms with Crippen LogP contribution >= 0.6 is 0 Å². The highest BCUT2D eigenvalue weighted by molar-refractivity contribution is 5.85. The van der Waals surface area contributed by atoms with Crippen LogP contribution in [0.4, 0.5) is 0 Å². The van der Waals surface area contributed by atoms with Gasteiger partial charge in [0.05, 0.1) is 12.5 Å². The zero-order chi connectivity index (χ0) is 14.7. The molecule has 3 rings (SSSR count). The van der Waals surface area contributed by atoms with E-state index in [4.69, 9.17) is 9.26 Å². The molecule has 1 aliphatic rings. The largest absolute Gasteiger partial charge is 0.494 e. The molecule has 1 unspecified atom stereocenters. The molecule has 0 amide bonds. The predicted octanol–water partition coefficient (Wildman–Crippen LogP) is 3.36. The Bertz CT molecular complexity index is 636. The highest BCUT2D eigenvalue weighted by Gasteiger charge is 2.29. The van der Waals surface area contributed by atoms with Gasteiger partial charge in [0, 0.05) is 12.0 Å². The lowest BCUT2D eigenvalue weighted by Gasteiger charge is -2.16. The summed E-state index contributed by atoms with van der Waals surface area (Å²) in [6, 6.07) is 7.56. The first-order chi connectivity index (χ1) is 10.3. The quantitative estimate of drug-likeness (QED) is 0.862. The van der Waals surface area contributed by atoms with E-state index < -0.39 is 0 Å². The van der Waals surface area contributed by atoms with Gasteiger partial charge in [0.1, 0.15) is 11.5 Å². The first kappa shape index (κ1) is 13.8. The summed E-state index contributed by atoms with van der Waals surface area (Å²) in [7, 11) is 0. The van der Waals surface area contributed by atoms with Crippen molar-refractivity contribution in [3.63, 3.8) is 0 Å². The Labute approximate surface area is 123 Å². The second-order valence-electron chi connectivity index (χ2n) is 5.18. The molecule has 0 aliphatic heterocycles. The predicted molar refractivity (Wildman–Crippen MR) is 77.1 cm³/mol. The number of hydrogen-bond donors (Lipinski definition) is 0. The molecule has 1 aromatic heterocycles. The Morgan fingerprint density at radius 1 is 1.38 bits per heavy atom. The van der Waals surface area contributed by atoms with Crippen LogP contribution < -0.4 is 4.74 Å². The normalized spacial score (nSPS) is 18.7. The lowest BCUT2D eigenvalue weighted by molar-refractivity contribution is -0.122. The van der Waals surface area contributed by atoms with Crippen LogP contribution in [-0.2, 0) is 4.79 Å². The van der Waals surface area contributed by atoms with Gasteiger partial charge in [-0.05, 0) is 31.9 Å². The van der Waals surface area contributed by atoms with E-state index >= 15 is 0 Å². The summed E-state index contributed by atoms with van der Waals surface area (Å²) in [6.45, 7) is 2.55. The molecule has 0 spiro atoms. The van der Waals surface area contributed by atoms with Crippen molar-refractivity contribution in [2.24, 2.45) is 0 Å². The third-order valence-electron chi connectivity index (χ3n) is 3.70. The third kappa shape index (κ3) is 2.96. The van der Waals surface area contributed by atoms with E-state index in [2.05, 4.69) is 10.1 Å². The number of carbonyl (C=O) groups is 1. The molecular formula is C16H18N2O3. The van der Waals surface area contributed by atoms with Gasteiger partial charge in [-0.3, -0.25) is 4.79 Å². The van der Waals surface area contributed by atoms with E-state index in [1.807, 2.05) is 31.2 Å². The third-order valence-corrected chi connectivity index (χ3v) is 3.70. The van der Waals surface area contributed by atoms with Gasteiger partial charge in [0.2, 0.25) is 11.7 Å². The van der Waals surface area contributed by atoms with Crippen molar-refractivity contribution in [2.45, 2.75) is 38.5 Å². The fourth-order valence-electron chi connectivity index (χ4n) is 2.63. The van der Waals surface area contributed by atoms with Crippen molar-refractivity contribution in [1.82, 2.24) is 10.1 Å². The molecule has 1 saturated carbocycles. The van der Waals surface area contributed by atoms with E-state index in [1.165, 1.54) is 0 Å².